The summed E-state index contributed by atoms with van der Waals surface area (Å²) in [5.41, 5.74) is 2.12. The molecule has 1 aromatic rings. The summed E-state index contributed by atoms with van der Waals surface area (Å²) in [6.07, 6.45) is -0.910. The van der Waals surface area contributed by atoms with E-state index in [2.05, 4.69) is 15.9 Å². The van der Waals surface area contributed by atoms with E-state index in [-0.39, 0.29) is 0 Å². The van der Waals surface area contributed by atoms with Gasteiger partial charge >= 0.3 is 6.09 Å². The molecule has 76 valence electrons. The maximum atomic E-state index is 10.6. The number of benzene rings is 1. The van der Waals surface area contributed by atoms with Gasteiger partial charge in [0.25, 0.3) is 0 Å². The molecule has 0 fully saturated rings. The molecule has 0 aromatic heterocycles. The molecule has 0 aliphatic carbocycles. The largest absolute Gasteiger partial charge is 0.465 e. The van der Waals surface area contributed by atoms with Crippen molar-refractivity contribution in [1.82, 2.24) is 4.90 Å². The summed E-state index contributed by atoms with van der Waals surface area (Å²) in [7, 11) is 1.56. The number of carboxylic acid groups (broad SMARTS) is 1. The van der Waals surface area contributed by atoms with Crippen LogP contribution >= 0.6 is 15.9 Å². The van der Waals surface area contributed by atoms with E-state index in [0.717, 1.165) is 15.6 Å². The van der Waals surface area contributed by atoms with Crippen LogP contribution in [-0.4, -0.2) is 23.1 Å². The molecule has 1 rings (SSSR count). The van der Waals surface area contributed by atoms with Gasteiger partial charge in [-0.05, 0) is 30.2 Å². The molecule has 0 aliphatic heterocycles. The van der Waals surface area contributed by atoms with Crippen molar-refractivity contribution in [3.05, 3.63) is 33.8 Å². The Morgan fingerprint density at radius 3 is 2.71 bits per heavy atom. The highest BCUT2D eigenvalue weighted by molar-refractivity contribution is 9.10. The van der Waals surface area contributed by atoms with Crippen LogP contribution in [0.4, 0.5) is 4.79 Å². The fraction of sp³-hybridized carbons (Fsp3) is 0.300. The monoisotopic (exact) mass is 257 g/mol. The van der Waals surface area contributed by atoms with Gasteiger partial charge in [0.15, 0.2) is 0 Å². The molecular formula is C10H12BrNO2. The van der Waals surface area contributed by atoms with Crippen LogP contribution < -0.4 is 0 Å². The predicted octanol–water partition coefficient (Wildman–Crippen LogP) is 2.87. The molecular weight excluding hydrogens is 246 g/mol. The van der Waals surface area contributed by atoms with Crippen LogP contribution in [0.25, 0.3) is 0 Å². The van der Waals surface area contributed by atoms with E-state index in [1.54, 1.807) is 7.05 Å². The summed E-state index contributed by atoms with van der Waals surface area (Å²) < 4.78 is 1.01. The fourth-order valence-corrected chi connectivity index (χ4v) is 1.64. The minimum atomic E-state index is -0.910. The molecule has 0 bridgehead atoms. The Morgan fingerprint density at radius 2 is 2.21 bits per heavy atom. The van der Waals surface area contributed by atoms with Crippen molar-refractivity contribution in [3.8, 4) is 0 Å². The van der Waals surface area contributed by atoms with Gasteiger partial charge in [0, 0.05) is 18.1 Å². The first-order valence-electron chi connectivity index (χ1n) is 4.20. The molecule has 0 saturated carbocycles. The second-order valence-electron chi connectivity index (χ2n) is 3.21. The Morgan fingerprint density at radius 1 is 1.57 bits per heavy atom. The summed E-state index contributed by atoms with van der Waals surface area (Å²) >= 11 is 3.36. The Hall–Kier alpha value is -1.03. The number of carbonyl (C=O) groups is 1. The third-order valence-electron chi connectivity index (χ3n) is 2.04. The molecule has 0 radical (unpaired) electrons. The standard InChI is InChI=1S/C10H12BrNO2/c1-7-5-9(11)4-3-8(7)6-12(2)10(13)14/h3-5H,6H2,1-2H3,(H,13,14). The first-order chi connectivity index (χ1) is 6.50. The lowest BCUT2D eigenvalue weighted by atomic mass is 10.1. The van der Waals surface area contributed by atoms with E-state index >= 15 is 0 Å². The zero-order valence-corrected chi connectivity index (χ0v) is 9.71. The number of rotatable bonds is 2. The summed E-state index contributed by atoms with van der Waals surface area (Å²) in [6.45, 7) is 2.39. The SMILES string of the molecule is Cc1cc(Br)ccc1CN(C)C(=O)O. The summed E-state index contributed by atoms with van der Waals surface area (Å²) in [5, 5.41) is 8.71. The highest BCUT2D eigenvalue weighted by atomic mass is 79.9. The maximum absolute atomic E-state index is 10.6. The van der Waals surface area contributed by atoms with Crippen molar-refractivity contribution >= 4 is 22.0 Å². The van der Waals surface area contributed by atoms with E-state index in [1.165, 1.54) is 4.90 Å². The van der Waals surface area contributed by atoms with Crippen LogP contribution in [-0.2, 0) is 6.54 Å². The third kappa shape index (κ3) is 2.73. The molecule has 1 N–H and O–H groups in total. The van der Waals surface area contributed by atoms with Crippen molar-refractivity contribution < 1.29 is 9.90 Å². The Labute approximate surface area is 91.5 Å². The molecule has 1 aromatic carbocycles. The fourth-order valence-electron chi connectivity index (χ4n) is 1.16. The number of amides is 1. The highest BCUT2D eigenvalue weighted by Gasteiger charge is 2.07. The number of halogens is 1. The van der Waals surface area contributed by atoms with Crippen LogP contribution in [0.2, 0.25) is 0 Å². The molecule has 0 aliphatic rings. The van der Waals surface area contributed by atoms with Crippen LogP contribution in [0, 0.1) is 6.92 Å². The van der Waals surface area contributed by atoms with E-state index in [1.807, 2.05) is 25.1 Å². The summed E-state index contributed by atoms with van der Waals surface area (Å²) in [5.74, 6) is 0. The molecule has 4 heteroatoms. The molecule has 0 saturated heterocycles. The molecule has 14 heavy (non-hydrogen) atoms. The first-order valence-corrected chi connectivity index (χ1v) is 4.99. The van der Waals surface area contributed by atoms with Crippen LogP contribution in [0.1, 0.15) is 11.1 Å². The van der Waals surface area contributed by atoms with Gasteiger partial charge in [-0.15, -0.1) is 0 Å². The van der Waals surface area contributed by atoms with Gasteiger partial charge in [0.2, 0.25) is 0 Å². The van der Waals surface area contributed by atoms with Gasteiger partial charge < -0.3 is 10.0 Å². The Balaban J connectivity index is 2.82. The quantitative estimate of drug-likeness (QED) is 0.886. The third-order valence-corrected chi connectivity index (χ3v) is 2.53. The van der Waals surface area contributed by atoms with Crippen molar-refractivity contribution in [2.45, 2.75) is 13.5 Å². The minimum Gasteiger partial charge on any atom is -0.465 e. The van der Waals surface area contributed by atoms with Crippen molar-refractivity contribution in [3.63, 3.8) is 0 Å². The van der Waals surface area contributed by atoms with Crippen LogP contribution in [0.15, 0.2) is 22.7 Å². The minimum absolute atomic E-state index is 0.425. The number of hydrogen-bond donors (Lipinski definition) is 1. The smallest absolute Gasteiger partial charge is 0.407 e. The highest BCUT2D eigenvalue weighted by Crippen LogP contribution is 2.16. The van der Waals surface area contributed by atoms with E-state index < -0.39 is 6.09 Å². The van der Waals surface area contributed by atoms with Crippen LogP contribution in [0.5, 0.6) is 0 Å². The number of hydrogen-bond acceptors (Lipinski definition) is 1. The second-order valence-corrected chi connectivity index (χ2v) is 4.13. The molecule has 0 unspecified atom stereocenters. The maximum Gasteiger partial charge on any atom is 0.407 e. The molecule has 0 spiro atoms. The van der Waals surface area contributed by atoms with Gasteiger partial charge in [-0.3, -0.25) is 0 Å². The molecule has 0 heterocycles. The average Bonchev–Trinajstić information content (AvgIpc) is 2.09. The molecule has 3 nitrogen and oxygen atoms in total. The zero-order chi connectivity index (χ0) is 10.7. The summed E-state index contributed by atoms with van der Waals surface area (Å²) in [6, 6.07) is 5.82. The topological polar surface area (TPSA) is 40.5 Å². The first kappa shape index (κ1) is 11.0. The van der Waals surface area contributed by atoms with Crippen LogP contribution in [0.3, 0.4) is 0 Å². The lowest BCUT2D eigenvalue weighted by Crippen LogP contribution is -2.24. The lowest BCUT2D eigenvalue weighted by Gasteiger charge is -2.14. The number of nitrogens with zero attached hydrogens (tertiary/aromatic N) is 1. The van der Waals surface area contributed by atoms with Crippen molar-refractivity contribution in [1.29, 1.82) is 0 Å². The number of aryl methyl sites for hydroxylation is 1. The van der Waals surface area contributed by atoms with Gasteiger partial charge in [0.05, 0.1) is 0 Å². The van der Waals surface area contributed by atoms with E-state index in [4.69, 9.17) is 5.11 Å². The van der Waals surface area contributed by atoms with Gasteiger partial charge in [-0.1, -0.05) is 22.0 Å². The second kappa shape index (κ2) is 4.46. The Bertz CT molecular complexity index is 352. The van der Waals surface area contributed by atoms with E-state index in [0.29, 0.717) is 6.54 Å². The average molecular weight is 258 g/mol. The zero-order valence-electron chi connectivity index (χ0n) is 8.12. The van der Waals surface area contributed by atoms with Gasteiger partial charge in [-0.2, -0.15) is 0 Å². The van der Waals surface area contributed by atoms with Crippen molar-refractivity contribution in [2.75, 3.05) is 7.05 Å². The molecule has 0 atom stereocenters. The van der Waals surface area contributed by atoms with Gasteiger partial charge in [-0.25, -0.2) is 4.79 Å². The Kier molecular flexibility index (Phi) is 3.52. The normalized spacial score (nSPS) is 9.93. The molecule has 1 amide bonds. The summed E-state index contributed by atoms with van der Waals surface area (Å²) in [4.78, 5) is 11.9. The van der Waals surface area contributed by atoms with Gasteiger partial charge in [0.1, 0.15) is 0 Å². The van der Waals surface area contributed by atoms with E-state index in [9.17, 15) is 4.79 Å². The van der Waals surface area contributed by atoms with Crippen molar-refractivity contribution in [2.24, 2.45) is 0 Å². The lowest BCUT2D eigenvalue weighted by molar-refractivity contribution is 0.153. The predicted molar refractivity (Wildman–Crippen MR) is 58.4 cm³/mol.